The molecule has 7 nitrogen and oxygen atoms in total. The van der Waals surface area contributed by atoms with E-state index in [9.17, 15) is 14.4 Å². The van der Waals surface area contributed by atoms with Gasteiger partial charge in [-0.15, -0.1) is 0 Å². The fraction of sp³-hybridized carbons (Fsp3) is 0.150. The third-order valence-electron chi connectivity index (χ3n) is 3.99. The Morgan fingerprint density at radius 3 is 2.60 bits per heavy atom. The molecule has 0 bridgehead atoms. The first-order chi connectivity index (χ1) is 14.3. The fourth-order valence-corrected chi connectivity index (χ4v) is 3.68. The standard InChI is InChI=1S/C20H16Cl2N2O5S/c1-10-3-4-12(8-13(10)21)23-17(25)9-29-18-14(22)5-11(6-15(18)28-2)7-16-19(26)24-20(27)30-16/h3-8H,9H2,1-2H3,(H,23,25)(H,24,26,27)/b16-7-. The van der Waals surface area contributed by atoms with Crippen LogP contribution in [0.5, 0.6) is 11.5 Å². The quantitative estimate of drug-likeness (QED) is 0.601. The summed E-state index contributed by atoms with van der Waals surface area (Å²) >= 11 is 13.1. The molecule has 2 aromatic rings. The average Bonchev–Trinajstić information content (AvgIpc) is 3.00. The Hall–Kier alpha value is -2.68. The Morgan fingerprint density at radius 1 is 1.20 bits per heavy atom. The molecule has 3 amide bonds. The van der Waals surface area contributed by atoms with Gasteiger partial charge in [0.1, 0.15) is 0 Å². The van der Waals surface area contributed by atoms with E-state index in [2.05, 4.69) is 10.6 Å². The SMILES string of the molecule is COc1cc(/C=C2\SC(=O)NC2=O)cc(Cl)c1OCC(=O)Nc1ccc(C)c(Cl)c1. The van der Waals surface area contributed by atoms with Gasteiger partial charge in [0.05, 0.1) is 17.0 Å². The van der Waals surface area contributed by atoms with Gasteiger partial charge in [0, 0.05) is 10.7 Å². The van der Waals surface area contributed by atoms with E-state index in [0.717, 1.165) is 17.3 Å². The van der Waals surface area contributed by atoms with Gasteiger partial charge in [-0.2, -0.15) is 0 Å². The summed E-state index contributed by atoms with van der Waals surface area (Å²) in [5, 5.41) is 5.14. The molecular formula is C20H16Cl2N2O5S. The molecule has 10 heteroatoms. The molecule has 1 fully saturated rings. The van der Waals surface area contributed by atoms with Crippen LogP contribution in [0.1, 0.15) is 11.1 Å². The van der Waals surface area contributed by atoms with Gasteiger partial charge in [-0.1, -0.05) is 29.3 Å². The second-order valence-corrected chi connectivity index (χ2v) is 8.02. The van der Waals surface area contributed by atoms with Crippen molar-refractivity contribution in [2.24, 2.45) is 0 Å². The second kappa shape index (κ2) is 9.42. The lowest BCUT2D eigenvalue weighted by atomic mass is 10.2. The molecule has 30 heavy (non-hydrogen) atoms. The smallest absolute Gasteiger partial charge is 0.290 e. The minimum absolute atomic E-state index is 0.179. The van der Waals surface area contributed by atoms with Crippen LogP contribution in [-0.4, -0.2) is 30.8 Å². The minimum Gasteiger partial charge on any atom is -0.493 e. The lowest BCUT2D eigenvalue weighted by Crippen LogP contribution is -2.20. The van der Waals surface area contributed by atoms with Crippen molar-refractivity contribution in [1.29, 1.82) is 0 Å². The Kier molecular flexibility index (Phi) is 6.91. The Balaban J connectivity index is 1.72. The van der Waals surface area contributed by atoms with E-state index in [1.807, 2.05) is 6.92 Å². The molecular weight excluding hydrogens is 451 g/mol. The van der Waals surface area contributed by atoms with Crippen molar-refractivity contribution in [2.45, 2.75) is 6.92 Å². The Morgan fingerprint density at radius 2 is 1.97 bits per heavy atom. The molecule has 2 N–H and O–H groups in total. The number of hydrogen-bond donors (Lipinski definition) is 2. The normalized spacial score (nSPS) is 14.6. The van der Waals surface area contributed by atoms with Crippen molar-refractivity contribution >= 4 is 63.8 Å². The van der Waals surface area contributed by atoms with Gasteiger partial charge in [-0.05, 0) is 60.2 Å². The average molecular weight is 467 g/mol. The number of amides is 3. The van der Waals surface area contributed by atoms with Crippen molar-refractivity contribution in [3.63, 3.8) is 0 Å². The zero-order chi connectivity index (χ0) is 21.8. The van der Waals surface area contributed by atoms with E-state index < -0.39 is 17.1 Å². The third-order valence-corrected chi connectivity index (χ3v) is 5.49. The van der Waals surface area contributed by atoms with E-state index in [1.54, 1.807) is 30.3 Å². The molecule has 0 unspecified atom stereocenters. The van der Waals surface area contributed by atoms with E-state index in [1.165, 1.54) is 13.2 Å². The minimum atomic E-state index is -0.478. The van der Waals surface area contributed by atoms with Gasteiger partial charge in [0.2, 0.25) is 0 Å². The van der Waals surface area contributed by atoms with Crippen LogP contribution in [-0.2, 0) is 9.59 Å². The first-order valence-corrected chi connectivity index (χ1v) is 10.1. The predicted molar refractivity (Wildman–Crippen MR) is 117 cm³/mol. The number of methoxy groups -OCH3 is 1. The number of imide groups is 1. The highest BCUT2D eigenvalue weighted by molar-refractivity contribution is 8.18. The van der Waals surface area contributed by atoms with E-state index >= 15 is 0 Å². The summed E-state index contributed by atoms with van der Waals surface area (Å²) in [6.45, 7) is 1.55. The zero-order valence-electron chi connectivity index (χ0n) is 15.9. The number of carbonyl (C=O) groups is 3. The van der Waals surface area contributed by atoms with Crippen LogP contribution >= 0.6 is 35.0 Å². The van der Waals surface area contributed by atoms with Crippen LogP contribution in [0.4, 0.5) is 10.5 Å². The van der Waals surface area contributed by atoms with Crippen molar-refractivity contribution < 1.29 is 23.9 Å². The monoisotopic (exact) mass is 466 g/mol. The van der Waals surface area contributed by atoms with E-state index in [0.29, 0.717) is 16.3 Å². The number of rotatable bonds is 6. The van der Waals surface area contributed by atoms with Gasteiger partial charge >= 0.3 is 0 Å². The molecule has 0 radical (unpaired) electrons. The molecule has 0 spiro atoms. The van der Waals surface area contributed by atoms with Crippen molar-refractivity contribution in [3.05, 3.63) is 56.4 Å². The third kappa shape index (κ3) is 5.27. The number of anilines is 1. The maximum absolute atomic E-state index is 12.2. The van der Waals surface area contributed by atoms with Crippen molar-refractivity contribution in [2.75, 3.05) is 19.0 Å². The summed E-state index contributed by atoms with van der Waals surface area (Å²) < 4.78 is 10.8. The van der Waals surface area contributed by atoms with Crippen LogP contribution in [0.3, 0.4) is 0 Å². The highest BCUT2D eigenvalue weighted by Crippen LogP contribution is 2.38. The first kappa shape index (κ1) is 22.0. The van der Waals surface area contributed by atoms with E-state index in [-0.39, 0.29) is 28.0 Å². The number of ether oxygens (including phenoxy) is 2. The number of aryl methyl sites for hydroxylation is 1. The van der Waals surface area contributed by atoms with Crippen LogP contribution < -0.4 is 20.1 Å². The highest BCUT2D eigenvalue weighted by atomic mass is 35.5. The summed E-state index contributed by atoms with van der Waals surface area (Å²) in [6, 6.07) is 8.30. The maximum Gasteiger partial charge on any atom is 0.290 e. The lowest BCUT2D eigenvalue weighted by Gasteiger charge is -2.13. The van der Waals surface area contributed by atoms with Crippen molar-refractivity contribution in [3.8, 4) is 11.5 Å². The molecule has 0 saturated carbocycles. The molecule has 0 atom stereocenters. The Bertz CT molecular complexity index is 1070. The van der Waals surface area contributed by atoms with Gasteiger partial charge < -0.3 is 14.8 Å². The number of nitrogens with one attached hydrogen (secondary N) is 2. The number of carbonyl (C=O) groups excluding carboxylic acids is 3. The second-order valence-electron chi connectivity index (χ2n) is 6.19. The lowest BCUT2D eigenvalue weighted by molar-refractivity contribution is -0.118. The summed E-state index contributed by atoms with van der Waals surface area (Å²) in [5.41, 5.74) is 1.98. The molecule has 0 aliphatic carbocycles. The maximum atomic E-state index is 12.2. The van der Waals surface area contributed by atoms with Crippen LogP contribution in [0.25, 0.3) is 6.08 Å². The molecule has 2 aromatic carbocycles. The topological polar surface area (TPSA) is 93.7 Å². The van der Waals surface area contributed by atoms with Gasteiger partial charge in [-0.25, -0.2) is 0 Å². The molecule has 1 saturated heterocycles. The first-order valence-electron chi connectivity index (χ1n) is 8.58. The number of thioether (sulfide) groups is 1. The fourth-order valence-electron chi connectivity index (χ4n) is 2.54. The van der Waals surface area contributed by atoms with Crippen molar-refractivity contribution in [1.82, 2.24) is 5.32 Å². The highest BCUT2D eigenvalue weighted by Gasteiger charge is 2.25. The Labute approximate surface area is 186 Å². The molecule has 1 aliphatic heterocycles. The molecule has 0 aromatic heterocycles. The summed E-state index contributed by atoms with van der Waals surface area (Å²) in [6.07, 6.45) is 1.51. The zero-order valence-corrected chi connectivity index (χ0v) is 18.2. The molecule has 1 heterocycles. The van der Waals surface area contributed by atoms with Crippen LogP contribution in [0.15, 0.2) is 35.2 Å². The van der Waals surface area contributed by atoms with Gasteiger partial charge in [-0.3, -0.25) is 19.7 Å². The van der Waals surface area contributed by atoms with Gasteiger partial charge in [0.15, 0.2) is 18.1 Å². The van der Waals surface area contributed by atoms with Crippen LogP contribution in [0, 0.1) is 6.92 Å². The largest absolute Gasteiger partial charge is 0.493 e. The molecule has 3 rings (SSSR count). The number of halogens is 2. The number of benzene rings is 2. The summed E-state index contributed by atoms with van der Waals surface area (Å²) in [5.74, 6) is -0.432. The predicted octanol–water partition coefficient (Wildman–Crippen LogP) is 4.65. The van der Waals surface area contributed by atoms with Gasteiger partial charge in [0.25, 0.3) is 17.1 Å². The number of hydrogen-bond acceptors (Lipinski definition) is 6. The molecule has 156 valence electrons. The summed E-state index contributed by atoms with van der Waals surface area (Å²) in [7, 11) is 1.42. The summed E-state index contributed by atoms with van der Waals surface area (Å²) in [4.78, 5) is 35.4. The molecule has 1 aliphatic rings. The van der Waals surface area contributed by atoms with E-state index in [4.69, 9.17) is 32.7 Å². The van der Waals surface area contributed by atoms with Crippen LogP contribution in [0.2, 0.25) is 10.0 Å².